The molecule has 14 heteroatoms. The van der Waals surface area contributed by atoms with Crippen molar-refractivity contribution in [3.63, 3.8) is 0 Å². The second kappa shape index (κ2) is 11.4. The van der Waals surface area contributed by atoms with Gasteiger partial charge >= 0.3 is 0 Å². The molecule has 7 N–H and O–H groups in total. The number of aromatic nitrogens is 3. The lowest BCUT2D eigenvalue weighted by Gasteiger charge is -2.16. The lowest BCUT2D eigenvalue weighted by atomic mass is 9.96. The van der Waals surface area contributed by atoms with Gasteiger partial charge in [0.1, 0.15) is 28.3 Å². The molecule has 14 nitrogen and oxygen atoms in total. The molecule has 0 saturated carbocycles. The number of benzene rings is 2. The highest BCUT2D eigenvalue weighted by atomic mass is 16.2. The lowest BCUT2D eigenvalue weighted by molar-refractivity contribution is 0.0926. The molecule has 2 heterocycles. The Labute approximate surface area is 260 Å². The van der Waals surface area contributed by atoms with Gasteiger partial charge in [0.05, 0.1) is 12.2 Å². The number of hydrogen-bond donors (Lipinski definition) is 5. The van der Waals surface area contributed by atoms with Crippen molar-refractivity contribution in [2.75, 3.05) is 11.1 Å². The van der Waals surface area contributed by atoms with Crippen molar-refractivity contribution in [1.82, 2.24) is 25.2 Å². The SMILES string of the molecule is CC(=O)c1ccc2c(c1C)CC[C@@H]2NC(=O)c1cc(C(=O)NCc2cccc(Nc3c(N)c(=O)c3=O)c2)nc2c(C(N)=O)cnn12. The summed E-state index contributed by atoms with van der Waals surface area (Å²) in [7, 11) is 0. The van der Waals surface area contributed by atoms with Gasteiger partial charge < -0.3 is 27.4 Å². The Morgan fingerprint density at radius 2 is 1.80 bits per heavy atom. The van der Waals surface area contributed by atoms with E-state index in [2.05, 4.69) is 26.0 Å². The van der Waals surface area contributed by atoms with Gasteiger partial charge in [0.15, 0.2) is 11.4 Å². The standard InChI is InChI=1S/C32H28N8O6/c1-14-18(15(2)41)6-7-20-19(14)8-9-22(20)39-32(46)24-11-23(38-30-21(29(34)44)13-36-40(24)30)31(45)35-12-16-4-3-5-17(10-16)37-26-25(33)27(42)28(26)43/h3-7,10-11,13,22,37H,8-9,12,33H2,1-2H3,(H2,34,44)(H,35,45)(H,39,46)/t22-/m0/s1. The van der Waals surface area contributed by atoms with Crippen LogP contribution in [0.5, 0.6) is 0 Å². The van der Waals surface area contributed by atoms with Gasteiger partial charge in [-0.2, -0.15) is 5.10 Å². The molecule has 46 heavy (non-hydrogen) atoms. The highest BCUT2D eigenvalue weighted by Gasteiger charge is 2.29. The van der Waals surface area contributed by atoms with E-state index in [1.54, 1.807) is 30.3 Å². The summed E-state index contributed by atoms with van der Waals surface area (Å²) < 4.78 is 1.16. The van der Waals surface area contributed by atoms with Crippen molar-refractivity contribution in [2.24, 2.45) is 5.73 Å². The minimum Gasteiger partial charge on any atom is -0.394 e. The van der Waals surface area contributed by atoms with E-state index in [-0.39, 0.29) is 52.3 Å². The maximum Gasteiger partial charge on any atom is 0.270 e. The van der Waals surface area contributed by atoms with Crippen LogP contribution >= 0.6 is 0 Å². The first-order valence-corrected chi connectivity index (χ1v) is 14.3. The fourth-order valence-corrected chi connectivity index (χ4v) is 5.77. The van der Waals surface area contributed by atoms with E-state index < -0.39 is 28.6 Å². The van der Waals surface area contributed by atoms with Gasteiger partial charge in [0.25, 0.3) is 28.6 Å². The van der Waals surface area contributed by atoms with Crippen molar-refractivity contribution in [2.45, 2.75) is 39.3 Å². The number of carbonyl (C=O) groups excluding carboxylic acids is 4. The molecule has 2 aromatic heterocycles. The first kappa shape index (κ1) is 29.9. The normalized spacial score (nSPS) is 13.8. The molecular formula is C32H28N8O6. The predicted octanol–water partition coefficient (Wildman–Crippen LogP) is 1.61. The molecule has 1 aliphatic rings. The third kappa shape index (κ3) is 5.15. The summed E-state index contributed by atoms with van der Waals surface area (Å²) in [6.45, 7) is 3.44. The number of anilines is 3. The minimum atomic E-state index is -0.834. The average molecular weight is 621 g/mol. The molecule has 0 fully saturated rings. The van der Waals surface area contributed by atoms with Gasteiger partial charge in [0, 0.05) is 23.9 Å². The van der Waals surface area contributed by atoms with Crippen LogP contribution in [0.4, 0.5) is 17.1 Å². The number of Topliss-reactive ketones (excluding diaryl/α,β-unsaturated/α-hetero) is 1. The van der Waals surface area contributed by atoms with Crippen molar-refractivity contribution in [1.29, 1.82) is 0 Å². The molecular weight excluding hydrogens is 592 g/mol. The summed E-state index contributed by atoms with van der Waals surface area (Å²) in [5.41, 5.74) is 13.8. The Hall–Kier alpha value is -6.18. The smallest absolute Gasteiger partial charge is 0.270 e. The number of nitrogens with zero attached hydrogens (tertiary/aromatic N) is 3. The van der Waals surface area contributed by atoms with Gasteiger partial charge in [0.2, 0.25) is 0 Å². The molecule has 3 aromatic carbocycles. The number of hydrogen-bond acceptors (Lipinski definition) is 10. The highest BCUT2D eigenvalue weighted by Crippen LogP contribution is 2.35. The summed E-state index contributed by atoms with van der Waals surface area (Å²) in [6, 6.07) is 11.3. The molecule has 0 spiro atoms. The Morgan fingerprint density at radius 3 is 2.52 bits per heavy atom. The number of carbonyl (C=O) groups is 4. The van der Waals surface area contributed by atoms with Crippen LogP contribution in [-0.4, -0.2) is 38.1 Å². The number of nitrogens with one attached hydrogen (secondary N) is 3. The number of rotatable bonds is 9. The van der Waals surface area contributed by atoms with Crippen LogP contribution in [0.3, 0.4) is 0 Å². The van der Waals surface area contributed by atoms with E-state index in [1.165, 1.54) is 19.2 Å². The Bertz CT molecular complexity index is 2190. The number of ketones is 1. The molecule has 5 aromatic rings. The van der Waals surface area contributed by atoms with E-state index >= 15 is 0 Å². The highest BCUT2D eigenvalue weighted by molar-refractivity contribution is 6.02. The molecule has 3 amide bonds. The van der Waals surface area contributed by atoms with Crippen LogP contribution in [0, 0.1) is 6.92 Å². The van der Waals surface area contributed by atoms with Crippen LogP contribution in [0.25, 0.3) is 5.65 Å². The molecule has 1 aliphatic carbocycles. The van der Waals surface area contributed by atoms with Crippen LogP contribution < -0.4 is 38.3 Å². The Balaban J connectivity index is 1.25. The first-order chi connectivity index (χ1) is 21.9. The summed E-state index contributed by atoms with van der Waals surface area (Å²) in [5, 5.41) is 12.7. The number of nitrogen functional groups attached to an aromatic ring is 1. The molecule has 1 atom stereocenters. The monoisotopic (exact) mass is 620 g/mol. The van der Waals surface area contributed by atoms with Crippen molar-refractivity contribution in [3.8, 4) is 0 Å². The zero-order valence-corrected chi connectivity index (χ0v) is 24.8. The predicted molar refractivity (Wildman–Crippen MR) is 168 cm³/mol. The van der Waals surface area contributed by atoms with E-state index in [4.69, 9.17) is 11.5 Å². The van der Waals surface area contributed by atoms with Crippen LogP contribution in [0.15, 0.2) is 58.3 Å². The van der Waals surface area contributed by atoms with Crippen molar-refractivity contribution < 1.29 is 19.2 Å². The van der Waals surface area contributed by atoms with Crippen LogP contribution in [0.1, 0.15) is 83.3 Å². The number of primary amides is 1. The fourth-order valence-electron chi connectivity index (χ4n) is 5.77. The van der Waals surface area contributed by atoms with E-state index in [9.17, 15) is 28.8 Å². The average Bonchev–Trinajstić information content (AvgIpc) is 3.66. The molecule has 6 rings (SSSR count). The number of fused-ring (bicyclic) bond motifs is 2. The van der Waals surface area contributed by atoms with Gasteiger partial charge in [-0.1, -0.05) is 24.3 Å². The molecule has 0 unspecified atom stereocenters. The van der Waals surface area contributed by atoms with E-state index in [0.29, 0.717) is 29.7 Å². The quantitative estimate of drug-likeness (QED) is 0.118. The summed E-state index contributed by atoms with van der Waals surface area (Å²) >= 11 is 0. The van der Waals surface area contributed by atoms with E-state index in [0.717, 1.165) is 21.2 Å². The molecule has 0 radical (unpaired) electrons. The lowest BCUT2D eigenvalue weighted by Crippen LogP contribution is -2.36. The van der Waals surface area contributed by atoms with E-state index in [1.807, 2.05) is 13.0 Å². The number of amides is 3. The fraction of sp³-hybridized carbons (Fsp3) is 0.188. The number of nitrogens with two attached hydrogens (primary N) is 2. The third-order valence-electron chi connectivity index (χ3n) is 8.18. The van der Waals surface area contributed by atoms with Crippen LogP contribution in [-0.2, 0) is 13.0 Å². The molecule has 0 saturated heterocycles. The zero-order valence-electron chi connectivity index (χ0n) is 24.8. The van der Waals surface area contributed by atoms with Gasteiger partial charge in [-0.05, 0) is 61.1 Å². The van der Waals surface area contributed by atoms with Gasteiger partial charge in [-0.15, -0.1) is 0 Å². The van der Waals surface area contributed by atoms with Gasteiger partial charge in [-0.25, -0.2) is 9.50 Å². The zero-order chi connectivity index (χ0) is 32.9. The van der Waals surface area contributed by atoms with Crippen molar-refractivity contribution in [3.05, 3.63) is 114 Å². The second-order valence-corrected chi connectivity index (χ2v) is 11.1. The minimum absolute atomic E-state index is 0.0117. The maximum absolute atomic E-state index is 13.7. The summed E-state index contributed by atoms with van der Waals surface area (Å²) in [4.78, 5) is 78.6. The van der Waals surface area contributed by atoms with Crippen molar-refractivity contribution >= 4 is 46.2 Å². The maximum atomic E-state index is 13.7. The molecule has 0 bridgehead atoms. The third-order valence-corrected chi connectivity index (χ3v) is 8.18. The molecule has 232 valence electrons. The van der Waals surface area contributed by atoms with Crippen LogP contribution in [0.2, 0.25) is 0 Å². The first-order valence-electron chi connectivity index (χ1n) is 14.3. The topological polar surface area (TPSA) is 221 Å². The van der Waals surface area contributed by atoms with Gasteiger partial charge in [-0.3, -0.25) is 28.8 Å². The summed E-state index contributed by atoms with van der Waals surface area (Å²) in [6.07, 6.45) is 2.47. The Kier molecular flexibility index (Phi) is 7.40. The second-order valence-electron chi connectivity index (χ2n) is 11.1. The largest absolute Gasteiger partial charge is 0.394 e. The summed E-state index contributed by atoms with van der Waals surface area (Å²) in [5.74, 6) is -2.06. The molecule has 0 aliphatic heterocycles. The Morgan fingerprint density at radius 1 is 1.02 bits per heavy atom.